The summed E-state index contributed by atoms with van der Waals surface area (Å²) in [4.78, 5) is 17.6. The molecule has 1 unspecified atom stereocenters. The highest BCUT2D eigenvalue weighted by atomic mass is 32.1. The topological polar surface area (TPSA) is 76.7 Å². The van der Waals surface area contributed by atoms with Gasteiger partial charge in [0, 0.05) is 0 Å². The van der Waals surface area contributed by atoms with Crippen LogP contribution in [0.4, 0.5) is 4.79 Å². The van der Waals surface area contributed by atoms with E-state index in [9.17, 15) is 4.79 Å². The summed E-state index contributed by atoms with van der Waals surface area (Å²) >= 11 is 1.61. The molecular formula is C16H17N3O2S. The number of oxime groups is 1. The van der Waals surface area contributed by atoms with Gasteiger partial charge in [-0.1, -0.05) is 35.5 Å². The molecule has 1 atom stereocenters. The highest BCUT2D eigenvalue weighted by Gasteiger charge is 2.26. The maximum Gasteiger partial charge on any atom is 0.312 e. The molecule has 22 heavy (non-hydrogen) atoms. The van der Waals surface area contributed by atoms with Gasteiger partial charge in [-0.25, -0.2) is 4.79 Å². The highest BCUT2D eigenvalue weighted by molar-refractivity contribution is 7.12. The number of carbonyl (C=O) groups is 1. The maximum absolute atomic E-state index is 11.1. The molecule has 1 aliphatic carbocycles. The minimum absolute atomic E-state index is 0.0353. The van der Waals surface area contributed by atoms with Gasteiger partial charge >= 0.3 is 6.03 Å². The van der Waals surface area contributed by atoms with Crippen LogP contribution in [0.25, 0.3) is 0 Å². The molecule has 6 heteroatoms. The van der Waals surface area contributed by atoms with E-state index in [4.69, 9.17) is 10.6 Å². The van der Waals surface area contributed by atoms with Crippen molar-refractivity contribution in [1.29, 1.82) is 0 Å². The number of benzene rings is 1. The van der Waals surface area contributed by atoms with Crippen LogP contribution in [0, 0.1) is 0 Å². The Morgan fingerprint density at radius 3 is 2.95 bits per heavy atom. The number of nitrogens with two attached hydrogens (primary N) is 1. The first-order valence-corrected chi connectivity index (χ1v) is 7.98. The zero-order valence-electron chi connectivity index (χ0n) is 12.0. The molecule has 0 bridgehead atoms. The molecule has 1 heterocycles. The van der Waals surface area contributed by atoms with Crippen molar-refractivity contribution in [3.8, 4) is 0 Å². The van der Waals surface area contributed by atoms with E-state index in [0.717, 1.165) is 34.6 Å². The molecule has 3 N–H and O–H groups in total. The van der Waals surface area contributed by atoms with E-state index in [1.54, 1.807) is 11.3 Å². The second-order valence-corrected chi connectivity index (χ2v) is 6.02. The van der Waals surface area contributed by atoms with Gasteiger partial charge in [-0.2, -0.15) is 0 Å². The normalized spacial score (nSPS) is 18.7. The number of amides is 2. The Bertz CT molecular complexity index is 682. The monoisotopic (exact) mass is 315 g/mol. The van der Waals surface area contributed by atoms with Crippen LogP contribution < -0.4 is 11.1 Å². The molecule has 0 saturated carbocycles. The van der Waals surface area contributed by atoms with Crippen LogP contribution in [0.2, 0.25) is 0 Å². The molecule has 1 aromatic carbocycles. The van der Waals surface area contributed by atoms with Gasteiger partial charge in [0.15, 0.2) is 0 Å². The van der Waals surface area contributed by atoms with Crippen LogP contribution >= 0.6 is 11.3 Å². The van der Waals surface area contributed by atoms with Gasteiger partial charge in [0.05, 0.1) is 16.6 Å². The van der Waals surface area contributed by atoms with E-state index in [-0.39, 0.29) is 6.04 Å². The smallest absolute Gasteiger partial charge is 0.312 e. The van der Waals surface area contributed by atoms with Crippen molar-refractivity contribution in [2.75, 3.05) is 0 Å². The third-order valence-electron chi connectivity index (χ3n) is 3.57. The Morgan fingerprint density at radius 2 is 2.18 bits per heavy atom. The number of carbonyl (C=O) groups excluding carboxylic acids is 1. The van der Waals surface area contributed by atoms with Crippen molar-refractivity contribution in [2.45, 2.75) is 25.5 Å². The summed E-state index contributed by atoms with van der Waals surface area (Å²) in [5, 5.41) is 9.06. The first-order chi connectivity index (χ1) is 10.7. The predicted molar refractivity (Wildman–Crippen MR) is 86.8 cm³/mol. The van der Waals surface area contributed by atoms with Gasteiger partial charge in [-0.3, -0.25) is 0 Å². The van der Waals surface area contributed by atoms with Crippen molar-refractivity contribution < 1.29 is 9.63 Å². The Kier molecular flexibility index (Phi) is 4.39. The number of primary amides is 1. The van der Waals surface area contributed by atoms with Crippen LogP contribution in [0.3, 0.4) is 0 Å². The van der Waals surface area contributed by atoms with E-state index in [0.29, 0.717) is 6.61 Å². The standard InChI is InChI=1S/C16H17N3O2S/c17-16(20)18-13-6-7-14(15-12(13)8-9-22-15)19-21-10-11-4-2-1-3-5-11/h1-5,8-9,13H,6-7,10H2,(H3,17,18,20). The molecule has 0 saturated heterocycles. The molecule has 0 fully saturated rings. The third kappa shape index (κ3) is 3.28. The number of hydrogen-bond acceptors (Lipinski definition) is 4. The minimum Gasteiger partial charge on any atom is -0.391 e. The van der Waals surface area contributed by atoms with E-state index >= 15 is 0 Å². The quantitative estimate of drug-likeness (QED) is 0.850. The number of nitrogens with zero attached hydrogens (tertiary/aromatic N) is 1. The first-order valence-electron chi connectivity index (χ1n) is 7.10. The lowest BCUT2D eigenvalue weighted by atomic mass is 9.93. The fourth-order valence-corrected chi connectivity index (χ4v) is 3.52. The average molecular weight is 315 g/mol. The fourth-order valence-electron chi connectivity index (χ4n) is 2.55. The number of thiophene rings is 1. The van der Waals surface area contributed by atoms with Crippen LogP contribution in [-0.4, -0.2) is 11.7 Å². The number of rotatable bonds is 4. The molecule has 5 nitrogen and oxygen atoms in total. The second-order valence-electron chi connectivity index (χ2n) is 5.10. The number of fused-ring (bicyclic) bond motifs is 1. The molecule has 1 aromatic heterocycles. The van der Waals surface area contributed by atoms with Crippen LogP contribution in [-0.2, 0) is 11.4 Å². The van der Waals surface area contributed by atoms with Crippen molar-refractivity contribution in [3.05, 3.63) is 57.8 Å². The van der Waals surface area contributed by atoms with Gasteiger partial charge in [0.1, 0.15) is 6.61 Å². The Balaban J connectivity index is 1.70. The molecule has 2 amide bonds. The van der Waals surface area contributed by atoms with Gasteiger partial charge in [0.25, 0.3) is 0 Å². The molecule has 0 aliphatic heterocycles. The molecule has 1 aliphatic rings. The number of urea groups is 1. The summed E-state index contributed by atoms with van der Waals surface area (Å²) in [7, 11) is 0. The Labute approximate surface area is 132 Å². The molecule has 114 valence electrons. The van der Waals surface area contributed by atoms with Gasteiger partial charge in [0.2, 0.25) is 0 Å². The summed E-state index contributed by atoms with van der Waals surface area (Å²) < 4.78 is 0. The van der Waals surface area contributed by atoms with Crippen molar-refractivity contribution >= 4 is 23.1 Å². The fraction of sp³-hybridized carbons (Fsp3) is 0.250. The summed E-state index contributed by atoms with van der Waals surface area (Å²) in [6, 6.07) is 11.4. The molecular weight excluding hydrogens is 298 g/mol. The average Bonchev–Trinajstić information content (AvgIpc) is 3.00. The molecule has 3 rings (SSSR count). The highest BCUT2D eigenvalue weighted by Crippen LogP contribution is 2.33. The summed E-state index contributed by atoms with van der Waals surface area (Å²) in [6.45, 7) is 0.452. The SMILES string of the molecule is NC(=O)NC1CCC(=NOCc2ccccc2)c2sccc21. The lowest BCUT2D eigenvalue weighted by molar-refractivity contribution is 0.130. The lowest BCUT2D eigenvalue weighted by Gasteiger charge is -2.23. The van der Waals surface area contributed by atoms with Gasteiger partial charge < -0.3 is 15.9 Å². The van der Waals surface area contributed by atoms with E-state index in [2.05, 4.69) is 10.5 Å². The van der Waals surface area contributed by atoms with Crippen LogP contribution in [0.1, 0.15) is 34.9 Å². The van der Waals surface area contributed by atoms with E-state index < -0.39 is 6.03 Å². The first kappa shape index (κ1) is 14.6. The van der Waals surface area contributed by atoms with Crippen LogP contribution in [0.5, 0.6) is 0 Å². The number of nitrogens with one attached hydrogen (secondary N) is 1. The van der Waals surface area contributed by atoms with Crippen LogP contribution in [0.15, 0.2) is 46.9 Å². The van der Waals surface area contributed by atoms with Crippen molar-refractivity contribution in [1.82, 2.24) is 5.32 Å². The van der Waals surface area contributed by atoms with Gasteiger partial charge in [-0.05, 0) is 35.4 Å². The molecule has 0 spiro atoms. The lowest BCUT2D eigenvalue weighted by Crippen LogP contribution is -2.35. The zero-order chi connectivity index (χ0) is 15.4. The summed E-state index contributed by atoms with van der Waals surface area (Å²) in [5.74, 6) is 0. The number of hydrogen-bond donors (Lipinski definition) is 2. The predicted octanol–water partition coefficient (Wildman–Crippen LogP) is 3.17. The summed E-state index contributed by atoms with van der Waals surface area (Å²) in [5.41, 5.74) is 8.31. The Hall–Kier alpha value is -2.34. The Morgan fingerprint density at radius 1 is 1.36 bits per heavy atom. The zero-order valence-corrected chi connectivity index (χ0v) is 12.8. The summed E-state index contributed by atoms with van der Waals surface area (Å²) in [6.07, 6.45) is 1.54. The maximum atomic E-state index is 11.1. The molecule has 0 radical (unpaired) electrons. The van der Waals surface area contributed by atoms with E-state index in [1.165, 1.54) is 0 Å². The van der Waals surface area contributed by atoms with Crippen molar-refractivity contribution in [2.24, 2.45) is 10.9 Å². The largest absolute Gasteiger partial charge is 0.391 e. The van der Waals surface area contributed by atoms with E-state index in [1.807, 2.05) is 41.8 Å². The van der Waals surface area contributed by atoms with Crippen molar-refractivity contribution in [3.63, 3.8) is 0 Å². The van der Waals surface area contributed by atoms with Gasteiger partial charge in [-0.15, -0.1) is 11.3 Å². The minimum atomic E-state index is -0.497. The molecule has 2 aromatic rings. The third-order valence-corrected chi connectivity index (χ3v) is 4.55. The second kappa shape index (κ2) is 6.62.